The second-order valence-electron chi connectivity index (χ2n) is 11.1. The fourth-order valence-corrected chi connectivity index (χ4v) is 4.62. The molecule has 1 fully saturated rings. The lowest BCUT2D eigenvalue weighted by molar-refractivity contribution is -0.117. The van der Waals surface area contributed by atoms with Crippen molar-refractivity contribution < 1.29 is 19.1 Å². The van der Waals surface area contributed by atoms with Gasteiger partial charge in [0.25, 0.3) is 5.91 Å². The van der Waals surface area contributed by atoms with Crippen molar-refractivity contribution in [1.82, 2.24) is 15.1 Å². The van der Waals surface area contributed by atoms with Crippen LogP contribution in [0.2, 0.25) is 0 Å². The molecule has 1 heterocycles. The highest BCUT2D eigenvalue weighted by molar-refractivity contribution is 5.99. The minimum absolute atomic E-state index is 0.0398. The Hall–Kier alpha value is -4.53. The van der Waals surface area contributed by atoms with Crippen molar-refractivity contribution in [3.63, 3.8) is 0 Å². The minimum atomic E-state index is -0.283. The van der Waals surface area contributed by atoms with Crippen LogP contribution in [0.4, 0.5) is 16.2 Å². The van der Waals surface area contributed by atoms with Gasteiger partial charge in [0.2, 0.25) is 5.91 Å². The smallest absolute Gasteiger partial charge is 0.317 e. The number of nitrogens with zero attached hydrogens (tertiary/aromatic N) is 3. The number of carbonyl (C=O) groups is 3. The van der Waals surface area contributed by atoms with Crippen LogP contribution < -0.4 is 20.3 Å². The van der Waals surface area contributed by atoms with E-state index in [0.717, 1.165) is 24.3 Å². The number of hydrogen-bond acceptors (Lipinski definition) is 5. The van der Waals surface area contributed by atoms with Crippen molar-refractivity contribution >= 4 is 29.2 Å². The summed E-state index contributed by atoms with van der Waals surface area (Å²) in [5, 5.41) is 5.94. The summed E-state index contributed by atoms with van der Waals surface area (Å²) in [5.41, 5.74) is 2.82. The number of hydrogen-bond donors (Lipinski definition) is 2. The molecule has 0 saturated carbocycles. The number of urea groups is 1. The summed E-state index contributed by atoms with van der Waals surface area (Å²) in [6.07, 6.45) is 0. The Balaban J connectivity index is 1.36. The fraction of sp³-hybridized carbons (Fsp3) is 0.344. The quantitative estimate of drug-likeness (QED) is 0.422. The molecule has 4 rings (SSSR count). The van der Waals surface area contributed by atoms with Crippen LogP contribution in [0, 0.1) is 0 Å². The Morgan fingerprint density at radius 3 is 2.07 bits per heavy atom. The standard InChI is InChI=1S/C32H39N5O4/c1-32(2,3)34-31(40)36-20-18-35(19-21-36)27-14-12-26(13-15-27)33-29(38)23-37(22-24-8-6-5-7-9-24)30(39)25-10-16-28(41-4)17-11-25/h5-17H,18-23H2,1-4H3,(H,33,38)(H,34,40). The molecule has 3 aromatic rings. The van der Waals surface area contributed by atoms with E-state index >= 15 is 0 Å². The maximum Gasteiger partial charge on any atom is 0.317 e. The van der Waals surface area contributed by atoms with Crippen LogP contribution in [-0.4, -0.2) is 73.0 Å². The van der Waals surface area contributed by atoms with Gasteiger partial charge in [0.1, 0.15) is 12.3 Å². The Labute approximate surface area is 242 Å². The first-order chi connectivity index (χ1) is 19.6. The number of methoxy groups -OCH3 is 1. The molecule has 216 valence electrons. The van der Waals surface area contributed by atoms with E-state index in [2.05, 4.69) is 15.5 Å². The highest BCUT2D eigenvalue weighted by atomic mass is 16.5. The summed E-state index contributed by atoms with van der Waals surface area (Å²) < 4.78 is 5.20. The van der Waals surface area contributed by atoms with Gasteiger partial charge in [0.15, 0.2) is 0 Å². The molecular weight excluding hydrogens is 518 g/mol. The molecule has 9 nitrogen and oxygen atoms in total. The predicted octanol–water partition coefficient (Wildman–Crippen LogP) is 4.61. The van der Waals surface area contributed by atoms with Crippen molar-refractivity contribution in [2.45, 2.75) is 32.9 Å². The molecule has 1 aliphatic rings. The number of rotatable bonds is 8. The summed E-state index contributed by atoms with van der Waals surface area (Å²) in [5.74, 6) is 0.136. The first-order valence-corrected chi connectivity index (χ1v) is 13.8. The summed E-state index contributed by atoms with van der Waals surface area (Å²) >= 11 is 0. The lowest BCUT2D eigenvalue weighted by Gasteiger charge is -2.37. The zero-order chi connectivity index (χ0) is 29.4. The number of benzene rings is 3. The first kappa shape index (κ1) is 29.5. The SMILES string of the molecule is COc1ccc(C(=O)N(CC(=O)Nc2ccc(N3CCN(C(=O)NC(C)(C)C)CC3)cc2)Cc2ccccc2)cc1. The molecule has 0 aromatic heterocycles. The van der Waals surface area contributed by atoms with Crippen molar-refractivity contribution in [3.8, 4) is 5.75 Å². The largest absolute Gasteiger partial charge is 0.497 e. The molecule has 0 aliphatic carbocycles. The van der Waals surface area contributed by atoms with Crippen LogP contribution in [0.5, 0.6) is 5.75 Å². The molecule has 0 atom stereocenters. The van der Waals surface area contributed by atoms with Gasteiger partial charge in [-0.2, -0.15) is 0 Å². The summed E-state index contributed by atoms with van der Waals surface area (Å²) in [6, 6.07) is 24.1. The van der Waals surface area contributed by atoms with Crippen LogP contribution in [-0.2, 0) is 11.3 Å². The van der Waals surface area contributed by atoms with Gasteiger partial charge in [-0.1, -0.05) is 30.3 Å². The highest BCUT2D eigenvalue weighted by Crippen LogP contribution is 2.20. The van der Waals surface area contributed by atoms with Crippen molar-refractivity contribution in [3.05, 3.63) is 90.0 Å². The monoisotopic (exact) mass is 557 g/mol. The van der Waals surface area contributed by atoms with Crippen molar-refractivity contribution in [2.75, 3.05) is 50.1 Å². The second kappa shape index (κ2) is 13.2. The van der Waals surface area contributed by atoms with Gasteiger partial charge >= 0.3 is 6.03 Å². The number of carbonyl (C=O) groups excluding carboxylic acids is 3. The molecule has 9 heteroatoms. The van der Waals surface area contributed by atoms with E-state index in [4.69, 9.17) is 4.74 Å². The Morgan fingerprint density at radius 1 is 0.854 bits per heavy atom. The first-order valence-electron chi connectivity index (χ1n) is 13.8. The molecule has 0 unspecified atom stereocenters. The van der Waals surface area contributed by atoms with E-state index in [-0.39, 0.29) is 29.9 Å². The molecule has 41 heavy (non-hydrogen) atoms. The second-order valence-corrected chi connectivity index (χ2v) is 11.1. The van der Waals surface area contributed by atoms with Crippen LogP contribution in [0.3, 0.4) is 0 Å². The van der Waals surface area contributed by atoms with Crippen LogP contribution in [0.25, 0.3) is 0 Å². The molecule has 2 N–H and O–H groups in total. The van der Waals surface area contributed by atoms with Gasteiger partial charge in [0, 0.05) is 55.2 Å². The highest BCUT2D eigenvalue weighted by Gasteiger charge is 2.24. The predicted molar refractivity (Wildman–Crippen MR) is 161 cm³/mol. The molecule has 1 saturated heterocycles. The lowest BCUT2D eigenvalue weighted by Crippen LogP contribution is -2.55. The molecular formula is C32H39N5O4. The molecule has 3 aromatic carbocycles. The van der Waals surface area contributed by atoms with Gasteiger partial charge in [-0.15, -0.1) is 0 Å². The van der Waals surface area contributed by atoms with E-state index in [1.54, 1.807) is 31.4 Å². The Bertz CT molecular complexity index is 1310. The number of ether oxygens (including phenoxy) is 1. The third-order valence-electron chi connectivity index (χ3n) is 6.74. The molecule has 0 spiro atoms. The third-order valence-corrected chi connectivity index (χ3v) is 6.74. The number of anilines is 2. The minimum Gasteiger partial charge on any atom is -0.497 e. The fourth-order valence-electron chi connectivity index (χ4n) is 4.62. The van der Waals surface area contributed by atoms with E-state index < -0.39 is 0 Å². The van der Waals surface area contributed by atoms with Crippen molar-refractivity contribution in [2.24, 2.45) is 0 Å². The zero-order valence-corrected chi connectivity index (χ0v) is 24.2. The number of piperazine rings is 1. The van der Waals surface area contributed by atoms with Crippen LogP contribution in [0.15, 0.2) is 78.9 Å². The Morgan fingerprint density at radius 2 is 1.49 bits per heavy atom. The number of nitrogens with one attached hydrogen (secondary N) is 2. The molecule has 0 bridgehead atoms. The normalized spacial score (nSPS) is 13.4. The summed E-state index contributed by atoms with van der Waals surface area (Å²) in [6.45, 7) is 8.86. The summed E-state index contributed by atoms with van der Waals surface area (Å²) in [4.78, 5) is 44.5. The van der Waals surface area contributed by atoms with Crippen molar-refractivity contribution in [1.29, 1.82) is 0 Å². The van der Waals surface area contributed by atoms with Gasteiger partial charge in [-0.25, -0.2) is 4.79 Å². The maximum absolute atomic E-state index is 13.4. The topological polar surface area (TPSA) is 94.2 Å². The summed E-state index contributed by atoms with van der Waals surface area (Å²) in [7, 11) is 1.57. The van der Waals surface area contributed by atoms with Gasteiger partial charge in [-0.05, 0) is 74.9 Å². The zero-order valence-electron chi connectivity index (χ0n) is 24.2. The third kappa shape index (κ3) is 8.48. The van der Waals surface area contributed by atoms with E-state index in [0.29, 0.717) is 36.6 Å². The molecule has 1 aliphatic heterocycles. The van der Waals surface area contributed by atoms with Gasteiger partial charge in [0.05, 0.1) is 7.11 Å². The Kier molecular flexibility index (Phi) is 9.49. The van der Waals surface area contributed by atoms with E-state index in [1.165, 1.54) is 4.90 Å². The average molecular weight is 558 g/mol. The van der Waals surface area contributed by atoms with Gasteiger partial charge in [-0.3, -0.25) is 9.59 Å². The van der Waals surface area contributed by atoms with E-state index in [9.17, 15) is 14.4 Å². The van der Waals surface area contributed by atoms with E-state index in [1.807, 2.05) is 80.3 Å². The maximum atomic E-state index is 13.4. The van der Waals surface area contributed by atoms with Crippen LogP contribution in [0.1, 0.15) is 36.7 Å². The molecule has 0 radical (unpaired) electrons. The van der Waals surface area contributed by atoms with Gasteiger partial charge < -0.3 is 30.1 Å². The lowest BCUT2D eigenvalue weighted by atomic mass is 10.1. The number of amides is 4. The van der Waals surface area contributed by atoms with Crippen LogP contribution >= 0.6 is 0 Å². The average Bonchev–Trinajstić information content (AvgIpc) is 2.96. The molecule has 4 amide bonds.